The van der Waals surface area contributed by atoms with Gasteiger partial charge in [0, 0.05) is 31.9 Å². The van der Waals surface area contributed by atoms with Crippen LogP contribution >= 0.6 is 0 Å². The van der Waals surface area contributed by atoms with Crippen LogP contribution in [0.1, 0.15) is 12.8 Å². The largest absolute Gasteiger partial charge is 0.369 e. The normalized spacial score (nSPS) is 20.0. The lowest BCUT2D eigenvalue weighted by Gasteiger charge is -2.36. The summed E-state index contributed by atoms with van der Waals surface area (Å²) in [7, 11) is 0. The van der Waals surface area contributed by atoms with E-state index in [0.717, 1.165) is 49.7 Å². The van der Waals surface area contributed by atoms with Gasteiger partial charge in [0.25, 0.3) is 5.91 Å². The Morgan fingerprint density at radius 3 is 2.03 bits per heavy atom. The van der Waals surface area contributed by atoms with Crippen LogP contribution in [0.4, 0.5) is 20.2 Å². The molecule has 0 aliphatic carbocycles. The minimum atomic E-state index is -0.534. The topological polar surface area (TPSA) is 55.9 Å². The number of piperazine rings is 1. The van der Waals surface area contributed by atoms with Crippen LogP contribution in [0.15, 0.2) is 48.5 Å². The number of benzene rings is 2. The molecule has 1 atom stereocenters. The number of carbonyl (C=O) groups is 2. The van der Waals surface area contributed by atoms with Crippen LogP contribution in [-0.2, 0) is 9.59 Å². The van der Waals surface area contributed by atoms with Crippen LogP contribution in [0.3, 0.4) is 0 Å². The summed E-state index contributed by atoms with van der Waals surface area (Å²) in [5.41, 5.74) is 1.44. The molecule has 8 heteroatoms. The van der Waals surface area contributed by atoms with Gasteiger partial charge in [0.2, 0.25) is 5.91 Å². The van der Waals surface area contributed by atoms with Crippen molar-refractivity contribution in [1.29, 1.82) is 0 Å². The van der Waals surface area contributed by atoms with Gasteiger partial charge in [-0.3, -0.25) is 14.5 Å². The van der Waals surface area contributed by atoms with Crippen molar-refractivity contribution in [3.05, 3.63) is 60.2 Å². The number of nitrogens with one attached hydrogen (secondary N) is 1. The van der Waals surface area contributed by atoms with E-state index >= 15 is 0 Å². The fourth-order valence-corrected chi connectivity index (χ4v) is 4.11. The van der Waals surface area contributed by atoms with E-state index in [2.05, 4.69) is 15.1 Å². The number of amides is 2. The van der Waals surface area contributed by atoms with Crippen LogP contribution in [0.5, 0.6) is 0 Å². The average molecular weight is 428 g/mol. The van der Waals surface area contributed by atoms with Crippen LogP contribution in [-0.4, -0.2) is 62.0 Å². The Morgan fingerprint density at radius 1 is 0.839 bits per heavy atom. The molecule has 2 aromatic carbocycles. The molecule has 0 saturated carbocycles. The molecule has 0 radical (unpaired) electrons. The van der Waals surface area contributed by atoms with Crippen molar-refractivity contribution in [2.45, 2.75) is 18.9 Å². The highest BCUT2D eigenvalue weighted by molar-refractivity contribution is 6.22. The lowest BCUT2D eigenvalue weighted by atomic mass is 10.2. The van der Waals surface area contributed by atoms with E-state index < -0.39 is 11.9 Å². The summed E-state index contributed by atoms with van der Waals surface area (Å²) in [6, 6.07) is 11.4. The van der Waals surface area contributed by atoms with Gasteiger partial charge in [0.1, 0.15) is 11.6 Å². The van der Waals surface area contributed by atoms with E-state index in [-0.39, 0.29) is 24.1 Å². The molecule has 2 aromatic rings. The maximum atomic E-state index is 13.1. The van der Waals surface area contributed by atoms with Gasteiger partial charge in [-0.25, -0.2) is 13.7 Å². The smallest absolute Gasteiger partial charge is 0.251 e. The van der Waals surface area contributed by atoms with Crippen LogP contribution < -0.4 is 15.1 Å². The molecule has 0 aromatic heterocycles. The first kappa shape index (κ1) is 21.4. The third kappa shape index (κ3) is 5.08. The fraction of sp³-hybridized carbons (Fsp3) is 0.391. The molecule has 31 heavy (non-hydrogen) atoms. The van der Waals surface area contributed by atoms with Gasteiger partial charge < -0.3 is 10.2 Å². The SMILES string of the molecule is O=C1CC(NCCCN2CCN(c3ccc(F)cc3)CC2)C(=O)N1c1ccc(F)cc1. The predicted molar refractivity (Wildman–Crippen MR) is 115 cm³/mol. The quantitative estimate of drug-likeness (QED) is 0.542. The highest BCUT2D eigenvalue weighted by atomic mass is 19.1. The zero-order valence-electron chi connectivity index (χ0n) is 17.3. The Kier molecular flexibility index (Phi) is 6.58. The van der Waals surface area contributed by atoms with Crippen molar-refractivity contribution in [3.8, 4) is 0 Å². The molecular weight excluding hydrogens is 402 g/mol. The molecule has 1 unspecified atom stereocenters. The third-order valence-electron chi connectivity index (χ3n) is 5.84. The maximum Gasteiger partial charge on any atom is 0.251 e. The van der Waals surface area contributed by atoms with Crippen molar-refractivity contribution in [2.24, 2.45) is 0 Å². The first-order valence-corrected chi connectivity index (χ1v) is 10.6. The van der Waals surface area contributed by atoms with Crippen LogP contribution in [0, 0.1) is 11.6 Å². The number of imide groups is 1. The standard InChI is InChI=1S/C23H26F2N4O2/c24-17-2-6-19(7-3-17)28-14-12-27(13-15-28)11-1-10-26-21-16-22(30)29(23(21)31)20-8-4-18(25)5-9-20/h2-9,21,26H,1,10-16H2. The maximum absolute atomic E-state index is 13.1. The number of halogens is 2. The van der Waals surface area contributed by atoms with Gasteiger partial charge in [0.05, 0.1) is 18.2 Å². The Morgan fingerprint density at radius 2 is 1.42 bits per heavy atom. The number of hydrogen-bond donors (Lipinski definition) is 1. The van der Waals surface area contributed by atoms with E-state index in [4.69, 9.17) is 0 Å². The molecule has 2 aliphatic rings. The summed E-state index contributed by atoms with van der Waals surface area (Å²) >= 11 is 0. The Hall–Kier alpha value is -2.84. The first-order valence-electron chi connectivity index (χ1n) is 10.6. The molecule has 2 saturated heterocycles. The lowest BCUT2D eigenvalue weighted by Crippen LogP contribution is -2.47. The summed E-state index contributed by atoms with van der Waals surface area (Å²) in [4.78, 5) is 30.6. The number of rotatable bonds is 7. The molecule has 0 spiro atoms. The van der Waals surface area contributed by atoms with Crippen molar-refractivity contribution in [2.75, 3.05) is 49.1 Å². The van der Waals surface area contributed by atoms with Gasteiger partial charge in [0.15, 0.2) is 0 Å². The van der Waals surface area contributed by atoms with Crippen LogP contribution in [0.25, 0.3) is 0 Å². The molecule has 0 bridgehead atoms. The Bertz CT molecular complexity index is 912. The van der Waals surface area contributed by atoms with Crippen molar-refractivity contribution in [3.63, 3.8) is 0 Å². The second-order valence-electron chi connectivity index (χ2n) is 7.91. The second kappa shape index (κ2) is 9.53. The van der Waals surface area contributed by atoms with Crippen LogP contribution in [0.2, 0.25) is 0 Å². The minimum absolute atomic E-state index is 0.118. The zero-order valence-corrected chi connectivity index (χ0v) is 17.3. The average Bonchev–Trinajstić information content (AvgIpc) is 3.06. The Balaban J connectivity index is 1.18. The van der Waals surface area contributed by atoms with Crippen molar-refractivity contribution < 1.29 is 18.4 Å². The van der Waals surface area contributed by atoms with Gasteiger partial charge in [-0.1, -0.05) is 0 Å². The summed E-state index contributed by atoms with van der Waals surface area (Å²) in [5.74, 6) is -1.19. The summed E-state index contributed by atoms with van der Waals surface area (Å²) in [5, 5.41) is 3.19. The molecule has 2 heterocycles. The fourth-order valence-electron chi connectivity index (χ4n) is 4.11. The van der Waals surface area contributed by atoms with E-state index in [1.165, 1.54) is 36.4 Å². The highest BCUT2D eigenvalue weighted by Gasteiger charge is 2.39. The number of carbonyl (C=O) groups excluding carboxylic acids is 2. The monoisotopic (exact) mass is 428 g/mol. The second-order valence-corrected chi connectivity index (χ2v) is 7.91. The van der Waals surface area contributed by atoms with E-state index in [1.807, 2.05) is 12.1 Å². The summed E-state index contributed by atoms with van der Waals surface area (Å²) in [6.45, 7) is 5.18. The number of hydrogen-bond acceptors (Lipinski definition) is 5. The molecule has 2 aliphatic heterocycles. The van der Waals surface area contributed by atoms with E-state index in [9.17, 15) is 18.4 Å². The van der Waals surface area contributed by atoms with Gasteiger partial charge in [-0.05, 0) is 68.0 Å². The molecule has 6 nitrogen and oxygen atoms in total. The third-order valence-corrected chi connectivity index (χ3v) is 5.84. The van der Waals surface area contributed by atoms with Crippen molar-refractivity contribution in [1.82, 2.24) is 10.2 Å². The molecule has 2 fully saturated rings. The highest BCUT2D eigenvalue weighted by Crippen LogP contribution is 2.23. The molecule has 164 valence electrons. The van der Waals surface area contributed by atoms with Crippen molar-refractivity contribution >= 4 is 23.2 Å². The van der Waals surface area contributed by atoms with Gasteiger partial charge in [-0.15, -0.1) is 0 Å². The summed E-state index contributed by atoms with van der Waals surface area (Å²) in [6.07, 6.45) is 0.984. The van der Waals surface area contributed by atoms with Gasteiger partial charge in [-0.2, -0.15) is 0 Å². The first-order chi connectivity index (χ1) is 15.0. The lowest BCUT2D eigenvalue weighted by molar-refractivity contribution is -0.121. The molecule has 4 rings (SSSR count). The van der Waals surface area contributed by atoms with E-state index in [1.54, 1.807) is 0 Å². The summed E-state index contributed by atoms with van der Waals surface area (Å²) < 4.78 is 26.2. The zero-order chi connectivity index (χ0) is 21.8. The molecular formula is C23H26F2N4O2. The molecule has 1 N–H and O–H groups in total. The number of nitrogens with zero attached hydrogens (tertiary/aromatic N) is 3. The predicted octanol–water partition coefficient (Wildman–Crippen LogP) is 2.40. The van der Waals surface area contributed by atoms with Gasteiger partial charge >= 0.3 is 0 Å². The Labute approximate surface area is 180 Å². The number of anilines is 2. The van der Waals surface area contributed by atoms with E-state index in [0.29, 0.717) is 12.2 Å². The minimum Gasteiger partial charge on any atom is -0.369 e. The molecule has 2 amide bonds.